The molecule has 3 heteroatoms. The van der Waals surface area contributed by atoms with E-state index >= 15 is 0 Å². The second-order valence-corrected chi connectivity index (χ2v) is 4.69. The Morgan fingerprint density at radius 3 is 2.65 bits per heavy atom. The maximum atomic E-state index is 11.8. The highest BCUT2D eigenvalue weighted by Crippen LogP contribution is 2.40. The van der Waals surface area contributed by atoms with Crippen LogP contribution in [0.1, 0.15) is 37.3 Å². The molecular weight excluding hydrogens is 212 g/mol. The lowest BCUT2D eigenvalue weighted by Gasteiger charge is -2.18. The molecule has 17 heavy (non-hydrogen) atoms. The van der Waals surface area contributed by atoms with Crippen molar-refractivity contribution >= 4 is 5.91 Å². The minimum atomic E-state index is 0.121. The summed E-state index contributed by atoms with van der Waals surface area (Å²) in [5, 5.41) is 3.14. The van der Waals surface area contributed by atoms with Gasteiger partial charge in [-0.3, -0.25) is 4.79 Å². The Labute approximate surface area is 102 Å². The maximum absolute atomic E-state index is 11.8. The number of carbonyl (C=O) groups is 1. The van der Waals surface area contributed by atoms with E-state index in [9.17, 15) is 4.79 Å². The van der Waals surface area contributed by atoms with Crippen molar-refractivity contribution < 1.29 is 4.79 Å². The molecule has 1 saturated carbocycles. The molecule has 3 N–H and O–H groups in total. The highest BCUT2D eigenvalue weighted by molar-refractivity contribution is 5.76. The summed E-state index contributed by atoms with van der Waals surface area (Å²) in [6, 6.07) is 10.4. The highest BCUT2D eigenvalue weighted by Gasteiger charge is 2.33. The summed E-state index contributed by atoms with van der Waals surface area (Å²) in [7, 11) is 0. The van der Waals surface area contributed by atoms with Crippen molar-refractivity contribution in [3.63, 3.8) is 0 Å². The molecule has 92 valence electrons. The molecule has 1 atom stereocenters. The van der Waals surface area contributed by atoms with Crippen LogP contribution in [0.3, 0.4) is 0 Å². The third-order valence-corrected chi connectivity index (χ3v) is 3.18. The Kier molecular flexibility index (Phi) is 4.15. The molecule has 3 nitrogen and oxygen atoms in total. The third kappa shape index (κ3) is 3.56. The van der Waals surface area contributed by atoms with Gasteiger partial charge in [-0.2, -0.15) is 0 Å². The smallest absolute Gasteiger partial charge is 0.220 e. The number of hydrogen-bond acceptors (Lipinski definition) is 2. The van der Waals surface area contributed by atoms with Gasteiger partial charge in [-0.05, 0) is 37.3 Å². The van der Waals surface area contributed by atoms with Crippen LogP contribution in [-0.4, -0.2) is 12.5 Å². The first-order valence-electron chi connectivity index (χ1n) is 6.35. The van der Waals surface area contributed by atoms with E-state index in [1.165, 1.54) is 18.4 Å². The topological polar surface area (TPSA) is 55.1 Å². The van der Waals surface area contributed by atoms with E-state index in [4.69, 9.17) is 5.73 Å². The van der Waals surface area contributed by atoms with Crippen LogP contribution in [0.4, 0.5) is 0 Å². The zero-order chi connectivity index (χ0) is 12.1. The number of nitrogens with two attached hydrogens (primary N) is 1. The van der Waals surface area contributed by atoms with E-state index in [0.29, 0.717) is 18.9 Å². The van der Waals surface area contributed by atoms with Crippen molar-refractivity contribution in [2.24, 2.45) is 11.7 Å². The SMILES string of the molecule is NCCCC(=O)NC(c1ccccc1)C1CC1. The predicted octanol–water partition coefficient (Wildman–Crippen LogP) is 1.99. The lowest BCUT2D eigenvalue weighted by Crippen LogP contribution is -2.30. The molecule has 1 aromatic rings. The summed E-state index contributed by atoms with van der Waals surface area (Å²) in [6.45, 7) is 0.576. The Balaban J connectivity index is 1.96. The molecule has 0 bridgehead atoms. The molecule has 0 spiro atoms. The van der Waals surface area contributed by atoms with Gasteiger partial charge in [0, 0.05) is 6.42 Å². The highest BCUT2D eigenvalue weighted by atomic mass is 16.1. The third-order valence-electron chi connectivity index (χ3n) is 3.18. The second kappa shape index (κ2) is 5.82. The molecule has 1 aromatic carbocycles. The van der Waals surface area contributed by atoms with E-state index in [2.05, 4.69) is 17.4 Å². The number of amides is 1. The summed E-state index contributed by atoms with van der Waals surface area (Å²) >= 11 is 0. The Bertz CT molecular complexity index is 360. The molecule has 1 aliphatic carbocycles. The van der Waals surface area contributed by atoms with Gasteiger partial charge in [0.15, 0.2) is 0 Å². The Morgan fingerprint density at radius 2 is 2.06 bits per heavy atom. The van der Waals surface area contributed by atoms with Crippen LogP contribution in [0.25, 0.3) is 0 Å². The number of hydrogen-bond donors (Lipinski definition) is 2. The van der Waals surface area contributed by atoms with Crippen LogP contribution in [0.15, 0.2) is 30.3 Å². The summed E-state index contributed by atoms with van der Waals surface area (Å²) in [6.07, 6.45) is 3.73. The van der Waals surface area contributed by atoms with E-state index < -0.39 is 0 Å². The van der Waals surface area contributed by atoms with Gasteiger partial charge in [0.2, 0.25) is 5.91 Å². The molecule has 1 aliphatic rings. The van der Waals surface area contributed by atoms with Crippen LogP contribution < -0.4 is 11.1 Å². The van der Waals surface area contributed by atoms with Gasteiger partial charge >= 0.3 is 0 Å². The van der Waals surface area contributed by atoms with Crippen LogP contribution in [-0.2, 0) is 4.79 Å². The lowest BCUT2D eigenvalue weighted by molar-refractivity contribution is -0.122. The number of rotatable bonds is 6. The van der Waals surface area contributed by atoms with E-state index in [-0.39, 0.29) is 11.9 Å². The summed E-state index contributed by atoms with van der Waals surface area (Å²) < 4.78 is 0. The molecular formula is C14H20N2O. The normalized spacial score (nSPS) is 16.5. The molecule has 2 rings (SSSR count). The van der Waals surface area contributed by atoms with Gasteiger partial charge in [0.25, 0.3) is 0 Å². The van der Waals surface area contributed by atoms with Crippen molar-refractivity contribution in [2.45, 2.75) is 31.7 Å². The molecule has 1 amide bonds. The zero-order valence-electron chi connectivity index (χ0n) is 10.1. The fraction of sp³-hybridized carbons (Fsp3) is 0.500. The van der Waals surface area contributed by atoms with Crippen LogP contribution in [0, 0.1) is 5.92 Å². The van der Waals surface area contributed by atoms with Crippen molar-refractivity contribution in [3.05, 3.63) is 35.9 Å². The first-order chi connectivity index (χ1) is 8.31. The first-order valence-corrected chi connectivity index (χ1v) is 6.35. The van der Waals surface area contributed by atoms with Crippen LogP contribution >= 0.6 is 0 Å². The first kappa shape index (κ1) is 12.1. The largest absolute Gasteiger partial charge is 0.349 e. The number of carbonyl (C=O) groups excluding carboxylic acids is 1. The van der Waals surface area contributed by atoms with Gasteiger partial charge in [0.1, 0.15) is 0 Å². The minimum Gasteiger partial charge on any atom is -0.349 e. The standard InChI is InChI=1S/C14H20N2O/c15-10-4-7-13(17)16-14(12-8-9-12)11-5-2-1-3-6-11/h1-3,5-6,12,14H,4,7-10,15H2,(H,16,17). The van der Waals surface area contributed by atoms with Crippen LogP contribution in [0.5, 0.6) is 0 Å². The summed E-state index contributed by atoms with van der Waals surface area (Å²) in [5.41, 5.74) is 6.63. The minimum absolute atomic E-state index is 0.121. The molecule has 0 saturated heterocycles. The van der Waals surface area contributed by atoms with Crippen LogP contribution in [0.2, 0.25) is 0 Å². The van der Waals surface area contributed by atoms with Crippen molar-refractivity contribution in [1.82, 2.24) is 5.32 Å². The average molecular weight is 232 g/mol. The van der Waals surface area contributed by atoms with Gasteiger partial charge in [0.05, 0.1) is 6.04 Å². The monoisotopic (exact) mass is 232 g/mol. The average Bonchev–Trinajstić information content (AvgIpc) is 3.19. The van der Waals surface area contributed by atoms with E-state index in [0.717, 1.165) is 6.42 Å². The Morgan fingerprint density at radius 1 is 1.35 bits per heavy atom. The molecule has 0 aliphatic heterocycles. The van der Waals surface area contributed by atoms with Crippen molar-refractivity contribution in [3.8, 4) is 0 Å². The molecule has 0 aromatic heterocycles. The number of benzene rings is 1. The van der Waals surface area contributed by atoms with Crippen molar-refractivity contribution in [1.29, 1.82) is 0 Å². The van der Waals surface area contributed by atoms with Gasteiger partial charge in [-0.25, -0.2) is 0 Å². The molecule has 1 fully saturated rings. The van der Waals surface area contributed by atoms with E-state index in [1.807, 2.05) is 18.2 Å². The van der Waals surface area contributed by atoms with Gasteiger partial charge in [-0.1, -0.05) is 30.3 Å². The second-order valence-electron chi connectivity index (χ2n) is 4.69. The lowest BCUT2D eigenvalue weighted by atomic mass is 10.0. The molecule has 1 unspecified atom stereocenters. The maximum Gasteiger partial charge on any atom is 0.220 e. The molecule has 0 heterocycles. The number of nitrogens with one attached hydrogen (secondary N) is 1. The Hall–Kier alpha value is -1.35. The van der Waals surface area contributed by atoms with Gasteiger partial charge < -0.3 is 11.1 Å². The van der Waals surface area contributed by atoms with E-state index in [1.54, 1.807) is 0 Å². The predicted molar refractivity (Wildman–Crippen MR) is 68.3 cm³/mol. The summed E-state index contributed by atoms with van der Waals surface area (Å²) in [4.78, 5) is 11.8. The summed E-state index contributed by atoms with van der Waals surface area (Å²) in [5.74, 6) is 0.746. The molecule has 0 radical (unpaired) electrons. The van der Waals surface area contributed by atoms with Crippen molar-refractivity contribution in [2.75, 3.05) is 6.54 Å². The fourth-order valence-corrected chi connectivity index (χ4v) is 2.07. The fourth-order valence-electron chi connectivity index (χ4n) is 2.07. The zero-order valence-corrected chi connectivity index (χ0v) is 10.1. The van der Waals surface area contributed by atoms with Gasteiger partial charge in [-0.15, -0.1) is 0 Å². The quantitative estimate of drug-likeness (QED) is 0.788.